The molecule has 1 heterocycles. The lowest BCUT2D eigenvalue weighted by molar-refractivity contribution is -0.113. The molecule has 1 N–H and O–H groups in total. The van der Waals surface area contributed by atoms with Crippen LogP contribution in [0.2, 0.25) is 0 Å². The third-order valence-electron chi connectivity index (χ3n) is 4.91. The van der Waals surface area contributed by atoms with Crippen LogP contribution in [0.1, 0.15) is 31.7 Å². The Hall–Kier alpha value is -2.67. The average molecular weight is 397 g/mol. The molecule has 0 saturated heterocycles. The number of halogens is 1. The highest BCUT2D eigenvalue weighted by molar-refractivity contribution is 7.99. The van der Waals surface area contributed by atoms with Crippen molar-refractivity contribution in [3.8, 4) is 0 Å². The molecule has 28 heavy (non-hydrogen) atoms. The summed E-state index contributed by atoms with van der Waals surface area (Å²) >= 11 is 1.24. The van der Waals surface area contributed by atoms with E-state index in [0.29, 0.717) is 21.7 Å². The second-order valence-corrected chi connectivity index (χ2v) is 7.81. The molecule has 7 heteroatoms. The molecular formula is C21H20FN3O2S. The summed E-state index contributed by atoms with van der Waals surface area (Å²) in [5, 5.41) is 3.84. The summed E-state index contributed by atoms with van der Waals surface area (Å²) in [4.78, 5) is 30.0. The molecule has 0 aliphatic heterocycles. The molecule has 4 rings (SSSR count). The zero-order chi connectivity index (χ0) is 19.5. The number of nitrogens with zero attached hydrogens (tertiary/aromatic N) is 2. The molecule has 0 atom stereocenters. The molecule has 3 aromatic rings. The van der Waals surface area contributed by atoms with Gasteiger partial charge < -0.3 is 5.32 Å². The Kier molecular flexibility index (Phi) is 5.43. The number of nitrogens with one attached hydrogen (secondary N) is 1. The quantitative estimate of drug-likeness (QED) is 0.513. The van der Waals surface area contributed by atoms with E-state index in [9.17, 15) is 14.0 Å². The minimum absolute atomic E-state index is 0.0504. The van der Waals surface area contributed by atoms with E-state index in [1.165, 1.54) is 23.9 Å². The Labute approximate surface area is 166 Å². The Balaban J connectivity index is 1.59. The van der Waals surface area contributed by atoms with E-state index < -0.39 is 5.82 Å². The van der Waals surface area contributed by atoms with Gasteiger partial charge in [0.1, 0.15) is 5.82 Å². The van der Waals surface area contributed by atoms with Gasteiger partial charge in [0, 0.05) is 11.7 Å². The monoisotopic (exact) mass is 397 g/mol. The van der Waals surface area contributed by atoms with E-state index in [1.807, 2.05) is 18.2 Å². The molecule has 2 aromatic carbocycles. The number of fused-ring (bicyclic) bond motifs is 1. The highest BCUT2D eigenvalue weighted by atomic mass is 32.2. The lowest BCUT2D eigenvalue weighted by Gasteiger charge is -2.18. The lowest BCUT2D eigenvalue weighted by Crippen LogP contribution is -2.27. The summed E-state index contributed by atoms with van der Waals surface area (Å²) in [6.07, 6.45) is 4.08. The molecule has 1 aliphatic rings. The van der Waals surface area contributed by atoms with Crippen molar-refractivity contribution in [3.05, 3.63) is 64.7 Å². The van der Waals surface area contributed by atoms with Crippen molar-refractivity contribution >= 4 is 34.3 Å². The third kappa shape index (κ3) is 3.94. The maximum absolute atomic E-state index is 13.3. The fraction of sp³-hybridized carbons (Fsp3) is 0.286. The molecule has 1 amide bonds. The van der Waals surface area contributed by atoms with Crippen LogP contribution in [0.15, 0.2) is 58.5 Å². The topological polar surface area (TPSA) is 64.0 Å². The zero-order valence-electron chi connectivity index (χ0n) is 15.2. The van der Waals surface area contributed by atoms with Crippen LogP contribution < -0.4 is 10.9 Å². The average Bonchev–Trinajstić information content (AvgIpc) is 3.21. The Morgan fingerprint density at radius 3 is 2.75 bits per heavy atom. The first kappa shape index (κ1) is 18.7. The van der Waals surface area contributed by atoms with Crippen molar-refractivity contribution in [2.45, 2.75) is 36.9 Å². The van der Waals surface area contributed by atoms with E-state index in [2.05, 4.69) is 10.3 Å². The van der Waals surface area contributed by atoms with Gasteiger partial charge in [-0.25, -0.2) is 9.37 Å². The molecule has 1 fully saturated rings. The number of para-hydroxylation sites is 1. The van der Waals surface area contributed by atoms with Gasteiger partial charge in [-0.2, -0.15) is 0 Å². The van der Waals surface area contributed by atoms with E-state index >= 15 is 0 Å². The van der Waals surface area contributed by atoms with Crippen LogP contribution in [0, 0.1) is 5.82 Å². The summed E-state index contributed by atoms with van der Waals surface area (Å²) in [6, 6.07) is 13.2. The van der Waals surface area contributed by atoms with Crippen LogP contribution in [0.3, 0.4) is 0 Å². The van der Waals surface area contributed by atoms with E-state index in [1.54, 1.807) is 22.8 Å². The largest absolute Gasteiger partial charge is 0.325 e. The van der Waals surface area contributed by atoms with Crippen molar-refractivity contribution in [2.75, 3.05) is 11.1 Å². The number of benzene rings is 2. The molecule has 1 saturated carbocycles. The first-order valence-electron chi connectivity index (χ1n) is 9.31. The van der Waals surface area contributed by atoms with Crippen molar-refractivity contribution in [2.24, 2.45) is 0 Å². The first-order valence-corrected chi connectivity index (χ1v) is 10.3. The second kappa shape index (κ2) is 8.14. The van der Waals surface area contributed by atoms with E-state index in [4.69, 9.17) is 0 Å². The molecule has 0 unspecified atom stereocenters. The molecule has 1 aromatic heterocycles. The number of amides is 1. The van der Waals surface area contributed by atoms with Crippen molar-refractivity contribution in [1.29, 1.82) is 0 Å². The van der Waals surface area contributed by atoms with Gasteiger partial charge in [0.2, 0.25) is 5.91 Å². The Morgan fingerprint density at radius 2 is 1.96 bits per heavy atom. The summed E-state index contributed by atoms with van der Waals surface area (Å²) in [6.45, 7) is 0. The van der Waals surface area contributed by atoms with E-state index in [0.717, 1.165) is 25.7 Å². The summed E-state index contributed by atoms with van der Waals surface area (Å²) in [5.74, 6) is -0.582. The maximum atomic E-state index is 13.3. The normalized spacial score (nSPS) is 14.5. The number of anilines is 1. The SMILES string of the molecule is O=C(CSc1nc2ccccc2c(=O)n1C1CCCC1)Nc1cccc(F)c1. The number of hydrogen-bond donors (Lipinski definition) is 1. The van der Waals surface area contributed by atoms with Gasteiger partial charge >= 0.3 is 0 Å². The smallest absolute Gasteiger partial charge is 0.262 e. The van der Waals surface area contributed by atoms with Crippen LogP contribution in [-0.4, -0.2) is 21.2 Å². The van der Waals surface area contributed by atoms with Crippen LogP contribution >= 0.6 is 11.8 Å². The van der Waals surface area contributed by atoms with Gasteiger partial charge in [-0.15, -0.1) is 0 Å². The number of hydrogen-bond acceptors (Lipinski definition) is 4. The Morgan fingerprint density at radius 1 is 1.18 bits per heavy atom. The molecular weight excluding hydrogens is 377 g/mol. The zero-order valence-corrected chi connectivity index (χ0v) is 16.0. The molecule has 0 bridgehead atoms. The minimum atomic E-state index is -0.406. The predicted octanol–water partition coefficient (Wildman–Crippen LogP) is 4.38. The Bertz CT molecular complexity index is 1080. The van der Waals surface area contributed by atoms with Gasteiger partial charge in [0.25, 0.3) is 5.56 Å². The molecule has 5 nitrogen and oxygen atoms in total. The van der Waals surface area contributed by atoms with Crippen molar-refractivity contribution in [1.82, 2.24) is 9.55 Å². The summed E-state index contributed by atoms with van der Waals surface area (Å²) in [5.41, 5.74) is 0.991. The maximum Gasteiger partial charge on any atom is 0.262 e. The molecule has 1 aliphatic carbocycles. The second-order valence-electron chi connectivity index (χ2n) is 6.87. The molecule has 0 spiro atoms. The number of rotatable bonds is 5. The highest BCUT2D eigenvalue weighted by Gasteiger charge is 2.23. The van der Waals surface area contributed by atoms with Gasteiger partial charge in [0.05, 0.1) is 16.7 Å². The number of thioether (sulfide) groups is 1. The number of carbonyl (C=O) groups is 1. The van der Waals surface area contributed by atoms with Gasteiger partial charge in [-0.1, -0.05) is 42.8 Å². The number of carbonyl (C=O) groups excluding carboxylic acids is 1. The highest BCUT2D eigenvalue weighted by Crippen LogP contribution is 2.32. The summed E-state index contributed by atoms with van der Waals surface area (Å²) < 4.78 is 15.0. The van der Waals surface area contributed by atoms with Crippen LogP contribution in [0.25, 0.3) is 10.9 Å². The lowest BCUT2D eigenvalue weighted by atomic mass is 10.2. The van der Waals surface area contributed by atoms with Crippen LogP contribution in [0.5, 0.6) is 0 Å². The minimum Gasteiger partial charge on any atom is -0.325 e. The fourth-order valence-electron chi connectivity index (χ4n) is 3.61. The third-order valence-corrected chi connectivity index (χ3v) is 5.86. The van der Waals surface area contributed by atoms with E-state index in [-0.39, 0.29) is 23.3 Å². The van der Waals surface area contributed by atoms with Crippen molar-refractivity contribution in [3.63, 3.8) is 0 Å². The standard InChI is InChI=1S/C21H20FN3O2S/c22-14-6-5-7-15(12-14)23-19(26)13-28-21-24-18-11-4-3-10-17(18)20(27)25(21)16-8-1-2-9-16/h3-7,10-12,16H,1-2,8-9,13H2,(H,23,26). The van der Waals surface area contributed by atoms with Gasteiger partial charge in [-0.05, 0) is 43.2 Å². The predicted molar refractivity (Wildman–Crippen MR) is 109 cm³/mol. The number of aromatic nitrogens is 2. The van der Waals surface area contributed by atoms with Crippen LogP contribution in [-0.2, 0) is 4.79 Å². The summed E-state index contributed by atoms with van der Waals surface area (Å²) in [7, 11) is 0. The molecule has 0 radical (unpaired) electrons. The van der Waals surface area contributed by atoms with Crippen molar-refractivity contribution < 1.29 is 9.18 Å². The van der Waals surface area contributed by atoms with Gasteiger partial charge in [0.15, 0.2) is 5.16 Å². The van der Waals surface area contributed by atoms with Crippen LogP contribution in [0.4, 0.5) is 10.1 Å². The molecule has 144 valence electrons. The fourth-order valence-corrected chi connectivity index (χ4v) is 4.47. The first-order chi connectivity index (χ1) is 13.6. The van der Waals surface area contributed by atoms with Gasteiger partial charge in [-0.3, -0.25) is 14.2 Å².